The summed E-state index contributed by atoms with van der Waals surface area (Å²) < 4.78 is 10.7. The van der Waals surface area contributed by atoms with E-state index in [1.165, 1.54) is 0 Å². The van der Waals surface area contributed by atoms with Gasteiger partial charge in [-0.2, -0.15) is 0 Å². The molecule has 0 spiro atoms. The SMILES string of the molecule is CCN(Cc1ccc2c(c1)OCO2)C(=O)CN1C(=O)NC(Cc2c[nH]c3ccccc23)C1=O. The van der Waals surface area contributed by atoms with Crippen LogP contribution in [0.4, 0.5) is 4.79 Å². The number of carbonyl (C=O) groups is 3. The number of benzene rings is 2. The van der Waals surface area contributed by atoms with Crippen molar-refractivity contribution in [3.05, 3.63) is 59.8 Å². The highest BCUT2D eigenvalue weighted by atomic mass is 16.7. The number of aromatic nitrogens is 1. The third-order valence-electron chi connectivity index (χ3n) is 6.04. The first-order valence-electron chi connectivity index (χ1n) is 10.9. The van der Waals surface area contributed by atoms with E-state index in [4.69, 9.17) is 9.47 Å². The molecule has 1 atom stereocenters. The Kier molecular flexibility index (Phi) is 5.37. The van der Waals surface area contributed by atoms with Crippen molar-refractivity contribution in [1.29, 1.82) is 0 Å². The molecule has 2 aromatic carbocycles. The van der Waals surface area contributed by atoms with Crippen LogP contribution in [0.15, 0.2) is 48.7 Å². The highest BCUT2D eigenvalue weighted by Crippen LogP contribution is 2.32. The molecule has 2 N–H and O–H groups in total. The second-order valence-electron chi connectivity index (χ2n) is 8.09. The second kappa shape index (κ2) is 8.50. The van der Waals surface area contributed by atoms with Crippen LogP contribution in [0.2, 0.25) is 0 Å². The van der Waals surface area contributed by atoms with Gasteiger partial charge in [0.05, 0.1) is 0 Å². The number of para-hydroxylation sites is 1. The number of aromatic amines is 1. The van der Waals surface area contributed by atoms with Crippen molar-refractivity contribution < 1.29 is 23.9 Å². The predicted molar refractivity (Wildman–Crippen MR) is 120 cm³/mol. The number of nitrogens with one attached hydrogen (secondary N) is 2. The Hall–Kier alpha value is -4.01. The number of carbonyl (C=O) groups excluding carboxylic acids is 3. The van der Waals surface area contributed by atoms with Gasteiger partial charge < -0.3 is 24.7 Å². The van der Waals surface area contributed by atoms with Crippen molar-refractivity contribution in [2.45, 2.75) is 25.9 Å². The predicted octanol–water partition coefficient (Wildman–Crippen LogP) is 2.41. The molecule has 170 valence electrons. The Bertz CT molecular complexity index is 1240. The number of nitrogens with zero attached hydrogens (tertiary/aromatic N) is 2. The lowest BCUT2D eigenvalue weighted by atomic mass is 10.1. The molecule has 0 radical (unpaired) electrons. The number of hydrogen-bond donors (Lipinski definition) is 2. The molecular formula is C24H24N4O5. The van der Waals surface area contributed by atoms with Crippen molar-refractivity contribution in [1.82, 2.24) is 20.1 Å². The molecule has 2 aliphatic rings. The number of H-pyrrole nitrogens is 1. The minimum Gasteiger partial charge on any atom is -0.454 e. The quantitative estimate of drug-likeness (QED) is 0.540. The van der Waals surface area contributed by atoms with E-state index in [1.54, 1.807) is 4.90 Å². The van der Waals surface area contributed by atoms with Crippen LogP contribution in [0.5, 0.6) is 11.5 Å². The van der Waals surface area contributed by atoms with Crippen LogP contribution in [-0.2, 0) is 22.6 Å². The van der Waals surface area contributed by atoms with Crippen LogP contribution in [0.3, 0.4) is 0 Å². The Balaban J connectivity index is 1.24. The largest absolute Gasteiger partial charge is 0.454 e. The summed E-state index contributed by atoms with van der Waals surface area (Å²) in [4.78, 5) is 44.2. The van der Waals surface area contributed by atoms with Crippen LogP contribution in [-0.4, -0.2) is 58.6 Å². The van der Waals surface area contributed by atoms with E-state index in [0.717, 1.165) is 26.9 Å². The Morgan fingerprint density at radius 1 is 1.15 bits per heavy atom. The third kappa shape index (κ3) is 3.97. The van der Waals surface area contributed by atoms with E-state index in [2.05, 4.69) is 10.3 Å². The fourth-order valence-electron chi connectivity index (χ4n) is 4.26. The molecule has 1 unspecified atom stereocenters. The van der Waals surface area contributed by atoms with E-state index in [-0.39, 0.29) is 19.2 Å². The number of ether oxygens (including phenoxy) is 2. The average molecular weight is 448 g/mol. The lowest BCUT2D eigenvalue weighted by Gasteiger charge is -2.23. The van der Waals surface area contributed by atoms with E-state index in [1.807, 2.05) is 55.6 Å². The van der Waals surface area contributed by atoms with Crippen molar-refractivity contribution >= 4 is 28.7 Å². The van der Waals surface area contributed by atoms with Crippen molar-refractivity contribution in [3.63, 3.8) is 0 Å². The van der Waals surface area contributed by atoms with Gasteiger partial charge in [0.1, 0.15) is 12.6 Å². The fraction of sp³-hybridized carbons (Fsp3) is 0.292. The minimum atomic E-state index is -0.701. The van der Waals surface area contributed by atoms with Crippen LogP contribution in [0.25, 0.3) is 10.9 Å². The van der Waals surface area contributed by atoms with E-state index >= 15 is 0 Å². The molecule has 33 heavy (non-hydrogen) atoms. The lowest BCUT2D eigenvalue weighted by molar-refractivity contribution is -0.137. The maximum absolute atomic E-state index is 12.9. The zero-order chi connectivity index (χ0) is 22.9. The zero-order valence-electron chi connectivity index (χ0n) is 18.2. The number of fused-ring (bicyclic) bond motifs is 2. The molecule has 3 aromatic rings. The molecule has 0 bridgehead atoms. The normalized spacial score (nSPS) is 17.0. The highest BCUT2D eigenvalue weighted by molar-refractivity contribution is 6.06. The summed E-state index contributed by atoms with van der Waals surface area (Å²) in [6.07, 6.45) is 2.20. The lowest BCUT2D eigenvalue weighted by Crippen LogP contribution is -2.43. The number of hydrogen-bond acceptors (Lipinski definition) is 5. The van der Waals surface area contributed by atoms with Gasteiger partial charge >= 0.3 is 6.03 Å². The Morgan fingerprint density at radius 3 is 2.82 bits per heavy atom. The standard InChI is InChI=1S/C24H24N4O5/c1-2-27(12-15-7-8-20-21(9-15)33-14-32-20)22(29)13-28-23(30)19(26-24(28)31)10-16-11-25-18-6-4-3-5-17(16)18/h3-9,11,19,25H,2,10,12-14H2,1H3,(H,26,31). The molecule has 5 rings (SSSR count). The number of imide groups is 1. The van der Waals surface area contributed by atoms with Crippen molar-refractivity contribution in [2.75, 3.05) is 19.9 Å². The van der Waals surface area contributed by atoms with Crippen molar-refractivity contribution in [2.24, 2.45) is 0 Å². The number of urea groups is 1. The summed E-state index contributed by atoms with van der Waals surface area (Å²) in [6, 6.07) is 12.1. The van der Waals surface area contributed by atoms with Gasteiger partial charge in [-0.05, 0) is 36.2 Å². The molecule has 0 saturated carbocycles. The van der Waals surface area contributed by atoms with Gasteiger partial charge in [0.15, 0.2) is 11.5 Å². The number of rotatable bonds is 7. The maximum Gasteiger partial charge on any atom is 0.325 e. The first kappa shape index (κ1) is 20.9. The summed E-state index contributed by atoms with van der Waals surface area (Å²) in [5.41, 5.74) is 2.79. The van der Waals surface area contributed by atoms with Gasteiger partial charge in [-0.15, -0.1) is 0 Å². The molecule has 4 amide bonds. The summed E-state index contributed by atoms with van der Waals surface area (Å²) >= 11 is 0. The topological polar surface area (TPSA) is 104 Å². The molecule has 9 nitrogen and oxygen atoms in total. The highest BCUT2D eigenvalue weighted by Gasteiger charge is 2.39. The summed E-state index contributed by atoms with van der Waals surface area (Å²) in [5, 5.41) is 3.73. The monoisotopic (exact) mass is 448 g/mol. The number of amides is 4. The summed E-state index contributed by atoms with van der Waals surface area (Å²) in [7, 11) is 0. The van der Waals surface area contributed by atoms with Gasteiger partial charge in [-0.25, -0.2) is 4.79 Å². The van der Waals surface area contributed by atoms with Crippen LogP contribution in [0, 0.1) is 0 Å². The Morgan fingerprint density at radius 2 is 1.97 bits per heavy atom. The van der Waals surface area contributed by atoms with Gasteiger partial charge in [0.2, 0.25) is 12.7 Å². The molecule has 3 heterocycles. The molecule has 1 fully saturated rings. The summed E-state index contributed by atoms with van der Waals surface area (Å²) in [6.45, 7) is 2.52. The molecule has 1 aromatic heterocycles. The first-order chi connectivity index (χ1) is 16.0. The third-order valence-corrected chi connectivity index (χ3v) is 6.04. The van der Waals surface area contributed by atoms with Gasteiger partial charge in [0.25, 0.3) is 5.91 Å². The van der Waals surface area contributed by atoms with Gasteiger partial charge in [-0.3, -0.25) is 14.5 Å². The molecule has 9 heteroatoms. The van der Waals surface area contributed by atoms with E-state index in [0.29, 0.717) is 31.0 Å². The molecule has 0 aliphatic carbocycles. The van der Waals surface area contributed by atoms with Gasteiger partial charge in [0, 0.05) is 36.6 Å². The minimum absolute atomic E-state index is 0.182. The first-order valence-corrected chi connectivity index (χ1v) is 10.9. The fourth-order valence-corrected chi connectivity index (χ4v) is 4.26. The average Bonchev–Trinajstić information content (AvgIpc) is 3.52. The van der Waals surface area contributed by atoms with Crippen LogP contribution < -0.4 is 14.8 Å². The summed E-state index contributed by atoms with van der Waals surface area (Å²) in [5.74, 6) is 0.628. The zero-order valence-corrected chi connectivity index (χ0v) is 18.2. The number of likely N-dealkylation sites (N-methyl/N-ethyl adjacent to an activating group) is 1. The second-order valence-corrected chi connectivity index (χ2v) is 8.09. The maximum atomic E-state index is 12.9. The Labute approximate surface area is 190 Å². The molecular weight excluding hydrogens is 424 g/mol. The van der Waals surface area contributed by atoms with Crippen LogP contribution >= 0.6 is 0 Å². The molecule has 2 aliphatic heterocycles. The molecule has 1 saturated heterocycles. The van der Waals surface area contributed by atoms with Gasteiger partial charge in [-0.1, -0.05) is 24.3 Å². The smallest absolute Gasteiger partial charge is 0.325 e. The van der Waals surface area contributed by atoms with E-state index in [9.17, 15) is 14.4 Å². The van der Waals surface area contributed by atoms with E-state index < -0.39 is 18.0 Å². The van der Waals surface area contributed by atoms with Crippen molar-refractivity contribution in [3.8, 4) is 11.5 Å². The van der Waals surface area contributed by atoms with Crippen LogP contribution in [0.1, 0.15) is 18.1 Å².